The van der Waals surface area contributed by atoms with Gasteiger partial charge in [0.1, 0.15) is 6.54 Å². The van der Waals surface area contributed by atoms with E-state index in [0.717, 1.165) is 55.1 Å². The number of aromatic nitrogens is 2. The summed E-state index contributed by atoms with van der Waals surface area (Å²) in [6.45, 7) is 9.62. The first-order valence-electron chi connectivity index (χ1n) is 8.51. The van der Waals surface area contributed by atoms with Gasteiger partial charge in [0.25, 0.3) is 0 Å². The number of nitrogen functional groups attached to an aromatic ring is 1. The fraction of sp³-hybridized carbons (Fsp3) is 0.824. The Morgan fingerprint density at radius 1 is 1.30 bits per heavy atom. The molecule has 0 aromatic carbocycles. The van der Waals surface area contributed by atoms with Crippen molar-refractivity contribution in [2.45, 2.75) is 40.2 Å². The largest absolute Gasteiger partial charge is 0.394 e. The highest BCUT2D eigenvalue weighted by molar-refractivity contribution is 5.66. The predicted molar refractivity (Wildman–Crippen MR) is 95.7 cm³/mol. The Balaban J connectivity index is 0.00000192. The second kappa shape index (κ2) is 6.69. The molecule has 0 bridgehead atoms. The SMILES string of the molecule is C.CC1CCc2c(N)c(N3CC[N+](C)(CCO)CC3)nn2C1C. The summed E-state index contributed by atoms with van der Waals surface area (Å²) >= 11 is 0. The predicted octanol–water partition coefficient (Wildman–Crippen LogP) is 1.50. The van der Waals surface area contributed by atoms with E-state index in [-0.39, 0.29) is 14.0 Å². The van der Waals surface area contributed by atoms with Gasteiger partial charge in [0, 0.05) is 0 Å². The summed E-state index contributed by atoms with van der Waals surface area (Å²) in [4.78, 5) is 2.33. The summed E-state index contributed by atoms with van der Waals surface area (Å²) in [6, 6.07) is 0.431. The van der Waals surface area contributed by atoms with Crippen LogP contribution in [-0.2, 0) is 6.42 Å². The van der Waals surface area contributed by atoms with Gasteiger partial charge in [-0.1, -0.05) is 14.4 Å². The third-order valence-corrected chi connectivity index (χ3v) is 5.84. The Kier molecular flexibility index (Phi) is 5.26. The summed E-state index contributed by atoms with van der Waals surface area (Å²) in [5.74, 6) is 1.64. The monoisotopic (exact) mass is 324 g/mol. The number of hydrogen-bond donors (Lipinski definition) is 2. The molecule has 2 aliphatic heterocycles. The standard InChI is InChI=1S/C16H30N5O.CH4/c1-12-4-5-14-15(17)16(18-20(14)13(12)2)19-6-8-21(3,9-7-19)10-11-22;/h12-13,22H,4-11,17H2,1-3H3;1H4/q+1;. The van der Waals surface area contributed by atoms with Crippen LogP contribution in [0.4, 0.5) is 11.5 Å². The molecule has 2 unspecified atom stereocenters. The van der Waals surface area contributed by atoms with E-state index < -0.39 is 0 Å². The molecule has 0 amide bonds. The highest BCUT2D eigenvalue weighted by Crippen LogP contribution is 2.37. The molecule has 6 heteroatoms. The van der Waals surface area contributed by atoms with Crippen LogP contribution in [0.3, 0.4) is 0 Å². The van der Waals surface area contributed by atoms with Gasteiger partial charge in [-0.05, 0) is 25.7 Å². The second-order valence-electron chi connectivity index (χ2n) is 7.39. The number of likely N-dealkylation sites (N-methyl/N-ethyl adjacent to an activating group) is 1. The van der Waals surface area contributed by atoms with Crippen molar-refractivity contribution >= 4 is 11.5 Å². The molecule has 2 atom stereocenters. The molecule has 0 spiro atoms. The van der Waals surface area contributed by atoms with Crippen molar-refractivity contribution in [2.75, 3.05) is 57.0 Å². The minimum absolute atomic E-state index is 0. The quantitative estimate of drug-likeness (QED) is 0.827. The van der Waals surface area contributed by atoms with Gasteiger partial charge in [0.05, 0.1) is 57.3 Å². The molecule has 0 saturated carbocycles. The van der Waals surface area contributed by atoms with Crippen molar-refractivity contribution in [2.24, 2.45) is 5.92 Å². The van der Waals surface area contributed by atoms with Crippen LogP contribution in [0.5, 0.6) is 0 Å². The maximum Gasteiger partial charge on any atom is 0.174 e. The average Bonchev–Trinajstić information content (AvgIpc) is 2.82. The van der Waals surface area contributed by atoms with E-state index in [4.69, 9.17) is 10.8 Å². The normalized spacial score (nSPS) is 26.5. The van der Waals surface area contributed by atoms with E-state index in [2.05, 4.69) is 30.5 Å². The van der Waals surface area contributed by atoms with E-state index in [1.54, 1.807) is 0 Å². The third kappa shape index (κ3) is 3.19. The lowest BCUT2D eigenvalue weighted by atomic mass is 9.93. The molecule has 0 radical (unpaired) electrons. The fourth-order valence-corrected chi connectivity index (χ4v) is 3.76. The van der Waals surface area contributed by atoms with Crippen LogP contribution in [-0.4, -0.2) is 65.7 Å². The van der Waals surface area contributed by atoms with E-state index in [9.17, 15) is 5.11 Å². The summed E-state index contributed by atoms with van der Waals surface area (Å²) in [6.07, 6.45) is 2.23. The Morgan fingerprint density at radius 3 is 2.57 bits per heavy atom. The number of piperazine rings is 1. The highest BCUT2D eigenvalue weighted by Gasteiger charge is 2.33. The molecule has 23 heavy (non-hydrogen) atoms. The number of nitrogens with zero attached hydrogens (tertiary/aromatic N) is 4. The van der Waals surface area contributed by atoms with Crippen LogP contribution < -0.4 is 10.6 Å². The first kappa shape index (κ1) is 18.1. The summed E-state index contributed by atoms with van der Waals surface area (Å²) in [5.41, 5.74) is 8.53. The van der Waals surface area contributed by atoms with Crippen LogP contribution in [0, 0.1) is 5.92 Å². The molecule has 3 N–H and O–H groups in total. The number of aliphatic hydroxyl groups excluding tert-OH is 1. The number of quaternary nitrogens is 1. The van der Waals surface area contributed by atoms with Gasteiger partial charge in [0.15, 0.2) is 5.82 Å². The van der Waals surface area contributed by atoms with Crippen LogP contribution in [0.2, 0.25) is 0 Å². The zero-order valence-corrected chi connectivity index (χ0v) is 14.1. The smallest absolute Gasteiger partial charge is 0.174 e. The van der Waals surface area contributed by atoms with Crippen LogP contribution in [0.25, 0.3) is 0 Å². The number of nitrogens with two attached hydrogens (primary N) is 1. The molecule has 1 fully saturated rings. The van der Waals surface area contributed by atoms with Gasteiger partial charge in [-0.3, -0.25) is 4.68 Å². The van der Waals surface area contributed by atoms with Crippen molar-refractivity contribution in [1.29, 1.82) is 0 Å². The first-order valence-corrected chi connectivity index (χ1v) is 8.51. The average molecular weight is 324 g/mol. The number of hydrogen-bond acceptors (Lipinski definition) is 4. The van der Waals surface area contributed by atoms with Gasteiger partial charge in [-0.15, -0.1) is 0 Å². The molecule has 1 aromatic heterocycles. The zero-order valence-electron chi connectivity index (χ0n) is 14.1. The lowest BCUT2D eigenvalue weighted by molar-refractivity contribution is -0.910. The number of rotatable bonds is 3. The second-order valence-corrected chi connectivity index (χ2v) is 7.39. The van der Waals surface area contributed by atoms with Crippen LogP contribution in [0.15, 0.2) is 0 Å². The van der Waals surface area contributed by atoms with Crippen molar-refractivity contribution in [1.82, 2.24) is 9.78 Å². The van der Waals surface area contributed by atoms with Gasteiger partial charge in [-0.2, -0.15) is 5.10 Å². The molecular weight excluding hydrogens is 290 g/mol. The summed E-state index contributed by atoms with van der Waals surface area (Å²) < 4.78 is 3.10. The minimum Gasteiger partial charge on any atom is -0.394 e. The molecule has 132 valence electrons. The van der Waals surface area contributed by atoms with Gasteiger partial charge >= 0.3 is 0 Å². The van der Waals surface area contributed by atoms with Gasteiger partial charge < -0.3 is 20.2 Å². The topological polar surface area (TPSA) is 67.3 Å². The fourth-order valence-electron chi connectivity index (χ4n) is 3.76. The van der Waals surface area contributed by atoms with Crippen LogP contribution in [0.1, 0.15) is 39.4 Å². The molecule has 1 aromatic rings. The van der Waals surface area contributed by atoms with Gasteiger partial charge in [-0.25, -0.2) is 0 Å². The Hall–Kier alpha value is -1.27. The van der Waals surface area contributed by atoms with Crippen molar-refractivity contribution in [3.05, 3.63) is 5.69 Å². The highest BCUT2D eigenvalue weighted by atomic mass is 16.3. The molecule has 3 rings (SSSR count). The molecular formula is C17H34N5O+. The molecule has 2 aliphatic rings. The minimum atomic E-state index is 0. The summed E-state index contributed by atoms with van der Waals surface area (Å²) in [7, 11) is 2.22. The number of anilines is 2. The van der Waals surface area contributed by atoms with Gasteiger partial charge in [0.2, 0.25) is 0 Å². The molecule has 1 saturated heterocycles. The van der Waals surface area contributed by atoms with E-state index in [0.29, 0.717) is 12.0 Å². The molecule has 0 aliphatic carbocycles. The zero-order chi connectivity index (χ0) is 15.9. The van der Waals surface area contributed by atoms with E-state index >= 15 is 0 Å². The van der Waals surface area contributed by atoms with Crippen LogP contribution >= 0.6 is 0 Å². The van der Waals surface area contributed by atoms with E-state index in [1.807, 2.05) is 0 Å². The van der Waals surface area contributed by atoms with Crippen molar-refractivity contribution in [3.8, 4) is 0 Å². The number of aliphatic hydroxyl groups is 1. The lowest BCUT2D eigenvalue weighted by Crippen LogP contribution is -2.58. The Bertz CT molecular complexity index is 533. The maximum atomic E-state index is 9.21. The first-order chi connectivity index (χ1) is 10.4. The Labute approximate surface area is 140 Å². The number of fused-ring (bicyclic) bond motifs is 1. The van der Waals surface area contributed by atoms with E-state index in [1.165, 1.54) is 12.1 Å². The molecule has 6 nitrogen and oxygen atoms in total. The third-order valence-electron chi connectivity index (χ3n) is 5.84. The van der Waals surface area contributed by atoms with Crippen molar-refractivity contribution < 1.29 is 9.59 Å². The Morgan fingerprint density at radius 2 is 1.96 bits per heavy atom. The summed E-state index contributed by atoms with van der Waals surface area (Å²) in [5, 5.41) is 14.1. The maximum absolute atomic E-state index is 9.21. The molecule has 3 heterocycles. The lowest BCUT2D eigenvalue weighted by Gasteiger charge is -2.41. The van der Waals surface area contributed by atoms with Crippen molar-refractivity contribution in [3.63, 3.8) is 0 Å².